The maximum Gasteiger partial charge on any atom is 0.231 e. The molecule has 0 bridgehead atoms. The number of hydrogen-bond acceptors (Lipinski definition) is 8. The molecule has 0 aliphatic carbocycles. The Morgan fingerprint density at radius 2 is 1.95 bits per heavy atom. The van der Waals surface area contributed by atoms with Crippen LogP contribution in [-0.2, 0) is 6.54 Å². The molecule has 0 radical (unpaired) electrons. The van der Waals surface area contributed by atoms with Crippen molar-refractivity contribution in [3.8, 4) is 0 Å². The number of anilines is 3. The van der Waals surface area contributed by atoms with E-state index in [1.165, 1.54) is 0 Å². The number of nitrogens with one attached hydrogen (secondary N) is 1. The van der Waals surface area contributed by atoms with Crippen molar-refractivity contribution >= 4 is 17.8 Å². The molecule has 8 nitrogen and oxygen atoms in total. The summed E-state index contributed by atoms with van der Waals surface area (Å²) >= 11 is 0. The highest BCUT2D eigenvalue weighted by Crippen LogP contribution is 2.17. The normalized spacial score (nSPS) is 14.4. The summed E-state index contributed by atoms with van der Waals surface area (Å²) in [7, 11) is 0. The van der Waals surface area contributed by atoms with Crippen LogP contribution in [0.1, 0.15) is 24.2 Å². The van der Waals surface area contributed by atoms with E-state index in [4.69, 9.17) is 5.73 Å². The standard InChI is InChI=1S/C13H18N8/c1-9-6-16-10(7-15-9)8-17-12-18-11(14)19-13(20-12)21-4-2-3-5-21/h6-7H,2-5,8H2,1H3,(H3,14,17,18,19,20). The van der Waals surface area contributed by atoms with Gasteiger partial charge in [-0.05, 0) is 19.8 Å². The summed E-state index contributed by atoms with van der Waals surface area (Å²) in [5, 5.41) is 3.11. The Morgan fingerprint density at radius 3 is 2.67 bits per heavy atom. The molecule has 3 N–H and O–H groups in total. The molecule has 0 unspecified atom stereocenters. The number of rotatable bonds is 4. The Labute approximate surface area is 122 Å². The minimum atomic E-state index is 0.226. The van der Waals surface area contributed by atoms with Gasteiger partial charge in [0.25, 0.3) is 0 Å². The molecule has 2 aromatic rings. The SMILES string of the molecule is Cc1cnc(CNc2nc(N)nc(N3CCCC3)n2)cn1. The average molecular weight is 286 g/mol. The summed E-state index contributed by atoms with van der Waals surface area (Å²) in [6.07, 6.45) is 5.78. The van der Waals surface area contributed by atoms with Crippen molar-refractivity contribution in [1.29, 1.82) is 0 Å². The van der Waals surface area contributed by atoms with Gasteiger partial charge in [-0.3, -0.25) is 9.97 Å². The van der Waals surface area contributed by atoms with Crippen molar-refractivity contribution in [3.05, 3.63) is 23.8 Å². The number of aromatic nitrogens is 5. The van der Waals surface area contributed by atoms with Crippen LogP contribution in [0.3, 0.4) is 0 Å². The first-order valence-corrected chi connectivity index (χ1v) is 6.98. The topological polar surface area (TPSA) is 106 Å². The first-order valence-electron chi connectivity index (χ1n) is 6.98. The van der Waals surface area contributed by atoms with E-state index in [1.807, 2.05) is 6.92 Å². The molecule has 110 valence electrons. The molecule has 1 aliphatic rings. The lowest BCUT2D eigenvalue weighted by molar-refractivity contribution is 0.877. The monoisotopic (exact) mass is 286 g/mol. The molecule has 0 atom stereocenters. The molecule has 0 amide bonds. The zero-order valence-corrected chi connectivity index (χ0v) is 12.0. The fourth-order valence-corrected chi connectivity index (χ4v) is 2.20. The van der Waals surface area contributed by atoms with E-state index in [0.29, 0.717) is 18.4 Å². The number of nitrogens with two attached hydrogens (primary N) is 1. The summed E-state index contributed by atoms with van der Waals surface area (Å²) in [6, 6.07) is 0. The molecule has 3 rings (SSSR count). The van der Waals surface area contributed by atoms with Crippen LogP contribution in [0.5, 0.6) is 0 Å². The fraction of sp³-hybridized carbons (Fsp3) is 0.462. The van der Waals surface area contributed by atoms with Crippen LogP contribution in [0.4, 0.5) is 17.8 Å². The van der Waals surface area contributed by atoms with Crippen molar-refractivity contribution in [3.63, 3.8) is 0 Å². The molecule has 1 fully saturated rings. The van der Waals surface area contributed by atoms with E-state index >= 15 is 0 Å². The Hall–Kier alpha value is -2.51. The second-order valence-electron chi connectivity index (χ2n) is 5.01. The van der Waals surface area contributed by atoms with Gasteiger partial charge in [0, 0.05) is 19.3 Å². The number of nitrogens with zero attached hydrogens (tertiary/aromatic N) is 6. The third kappa shape index (κ3) is 3.33. The van der Waals surface area contributed by atoms with Crippen LogP contribution < -0.4 is 16.0 Å². The third-order valence-electron chi connectivity index (χ3n) is 3.29. The molecule has 21 heavy (non-hydrogen) atoms. The first kappa shape index (κ1) is 13.5. The first-order chi connectivity index (χ1) is 10.2. The zero-order chi connectivity index (χ0) is 14.7. The minimum Gasteiger partial charge on any atom is -0.368 e. The zero-order valence-electron chi connectivity index (χ0n) is 12.0. The van der Waals surface area contributed by atoms with Crippen molar-refractivity contribution in [2.75, 3.05) is 29.0 Å². The van der Waals surface area contributed by atoms with Gasteiger partial charge in [0.2, 0.25) is 17.8 Å². The summed E-state index contributed by atoms with van der Waals surface area (Å²) in [6.45, 7) is 4.33. The van der Waals surface area contributed by atoms with Crippen LogP contribution in [-0.4, -0.2) is 38.0 Å². The van der Waals surface area contributed by atoms with Gasteiger partial charge >= 0.3 is 0 Å². The molecule has 1 saturated heterocycles. The highest BCUT2D eigenvalue weighted by atomic mass is 15.3. The Morgan fingerprint density at radius 1 is 1.14 bits per heavy atom. The van der Waals surface area contributed by atoms with E-state index in [2.05, 4.69) is 35.1 Å². The molecule has 0 aromatic carbocycles. The van der Waals surface area contributed by atoms with E-state index in [9.17, 15) is 0 Å². The molecule has 0 saturated carbocycles. The Balaban J connectivity index is 1.71. The average Bonchev–Trinajstić information content (AvgIpc) is 3.00. The lowest BCUT2D eigenvalue weighted by Gasteiger charge is -2.15. The van der Waals surface area contributed by atoms with Crippen molar-refractivity contribution < 1.29 is 0 Å². The van der Waals surface area contributed by atoms with E-state index in [0.717, 1.165) is 37.3 Å². The van der Waals surface area contributed by atoms with Crippen molar-refractivity contribution in [1.82, 2.24) is 24.9 Å². The van der Waals surface area contributed by atoms with Crippen LogP contribution in [0.25, 0.3) is 0 Å². The quantitative estimate of drug-likeness (QED) is 0.848. The van der Waals surface area contributed by atoms with Gasteiger partial charge in [0.1, 0.15) is 0 Å². The highest BCUT2D eigenvalue weighted by molar-refractivity contribution is 5.42. The molecule has 2 aromatic heterocycles. The van der Waals surface area contributed by atoms with Crippen LogP contribution in [0, 0.1) is 6.92 Å². The van der Waals surface area contributed by atoms with Crippen molar-refractivity contribution in [2.24, 2.45) is 0 Å². The van der Waals surface area contributed by atoms with Crippen LogP contribution >= 0.6 is 0 Å². The Kier molecular flexibility index (Phi) is 3.76. The summed E-state index contributed by atoms with van der Waals surface area (Å²) in [5.74, 6) is 1.33. The molecule has 1 aliphatic heterocycles. The van der Waals surface area contributed by atoms with Gasteiger partial charge in [0.15, 0.2) is 0 Å². The lowest BCUT2D eigenvalue weighted by atomic mass is 10.4. The van der Waals surface area contributed by atoms with Gasteiger partial charge in [-0.25, -0.2) is 0 Å². The van der Waals surface area contributed by atoms with Crippen LogP contribution in [0.2, 0.25) is 0 Å². The number of nitrogen functional groups attached to an aromatic ring is 1. The van der Waals surface area contributed by atoms with Gasteiger partial charge in [-0.15, -0.1) is 0 Å². The summed E-state index contributed by atoms with van der Waals surface area (Å²) in [4.78, 5) is 23.3. The van der Waals surface area contributed by atoms with Gasteiger partial charge < -0.3 is 16.0 Å². The largest absolute Gasteiger partial charge is 0.368 e. The number of aryl methyl sites for hydroxylation is 1. The summed E-state index contributed by atoms with van der Waals surface area (Å²) < 4.78 is 0. The predicted octanol–water partition coefficient (Wildman–Crippen LogP) is 0.765. The molecule has 0 spiro atoms. The van der Waals surface area contributed by atoms with Gasteiger partial charge in [0.05, 0.1) is 24.1 Å². The second-order valence-corrected chi connectivity index (χ2v) is 5.01. The Bertz CT molecular complexity index is 606. The lowest BCUT2D eigenvalue weighted by Crippen LogP contribution is -2.22. The smallest absolute Gasteiger partial charge is 0.231 e. The van der Waals surface area contributed by atoms with E-state index < -0.39 is 0 Å². The fourth-order valence-electron chi connectivity index (χ4n) is 2.20. The maximum atomic E-state index is 5.76. The molecular weight excluding hydrogens is 268 g/mol. The number of hydrogen-bond donors (Lipinski definition) is 2. The minimum absolute atomic E-state index is 0.226. The van der Waals surface area contributed by atoms with E-state index in [1.54, 1.807) is 12.4 Å². The molecule has 3 heterocycles. The van der Waals surface area contributed by atoms with Gasteiger partial charge in [-0.1, -0.05) is 0 Å². The van der Waals surface area contributed by atoms with Crippen LogP contribution in [0.15, 0.2) is 12.4 Å². The van der Waals surface area contributed by atoms with Crippen molar-refractivity contribution in [2.45, 2.75) is 26.3 Å². The molecule has 8 heteroatoms. The maximum absolute atomic E-state index is 5.76. The van der Waals surface area contributed by atoms with E-state index in [-0.39, 0.29) is 5.95 Å². The summed E-state index contributed by atoms with van der Waals surface area (Å²) in [5.41, 5.74) is 7.47. The predicted molar refractivity (Wildman–Crippen MR) is 79.8 cm³/mol. The third-order valence-corrected chi connectivity index (χ3v) is 3.29. The second kappa shape index (κ2) is 5.86. The highest BCUT2D eigenvalue weighted by Gasteiger charge is 2.16. The molecular formula is C13H18N8. The van der Waals surface area contributed by atoms with Gasteiger partial charge in [-0.2, -0.15) is 15.0 Å².